The van der Waals surface area contributed by atoms with E-state index < -0.39 is 34.0 Å². The average molecular weight is 507 g/mol. The molecule has 1 amide bonds. The molecule has 1 unspecified atom stereocenters. The highest BCUT2D eigenvalue weighted by molar-refractivity contribution is 7.84. The van der Waals surface area contributed by atoms with Crippen LogP contribution in [0.2, 0.25) is 0 Å². The van der Waals surface area contributed by atoms with Crippen LogP contribution >= 0.6 is 0 Å². The van der Waals surface area contributed by atoms with Gasteiger partial charge in [0.15, 0.2) is 0 Å². The summed E-state index contributed by atoms with van der Waals surface area (Å²) in [4.78, 5) is 24.4. The second-order valence-corrected chi connectivity index (χ2v) is 10.8. The molecular weight excluding hydrogens is 476 g/mol. The summed E-state index contributed by atoms with van der Waals surface area (Å²) in [5, 5.41) is 12.5. The molecule has 3 rings (SSSR count). The second-order valence-electron chi connectivity index (χ2n) is 9.27. The van der Waals surface area contributed by atoms with Crippen molar-refractivity contribution in [3.05, 3.63) is 58.7 Å². The number of methoxy groups -OCH3 is 1. The van der Waals surface area contributed by atoms with Crippen LogP contribution in [0.15, 0.2) is 36.4 Å². The molecule has 1 aliphatic rings. The maximum absolute atomic E-state index is 12.7. The van der Waals surface area contributed by atoms with Crippen LogP contribution in [-0.4, -0.2) is 42.6 Å². The van der Waals surface area contributed by atoms with Crippen molar-refractivity contribution in [1.82, 2.24) is 9.62 Å². The van der Waals surface area contributed by atoms with Crippen molar-refractivity contribution < 1.29 is 36.8 Å². The predicted octanol–water partition coefficient (Wildman–Crippen LogP) is 3.47. The maximum Gasteiger partial charge on any atom is 0.408 e. The Hall–Kier alpha value is -3.31. The molecule has 0 radical (unpaired) electrons. The first-order valence-corrected chi connectivity index (χ1v) is 12.3. The number of fused-ring (bicyclic) bond motifs is 1. The Labute approximate surface area is 205 Å². The predicted molar refractivity (Wildman–Crippen MR) is 127 cm³/mol. The van der Waals surface area contributed by atoms with Gasteiger partial charge in [-0.25, -0.2) is 4.79 Å². The van der Waals surface area contributed by atoms with Gasteiger partial charge in [-0.1, -0.05) is 18.2 Å². The van der Waals surface area contributed by atoms with Gasteiger partial charge in [0.25, 0.3) is 0 Å². The lowest BCUT2D eigenvalue weighted by atomic mass is 9.98. The molecule has 0 aromatic heterocycles. The number of ether oxygens (including phenoxy) is 2. The van der Waals surface area contributed by atoms with Gasteiger partial charge in [0.05, 0.1) is 19.6 Å². The SMILES string of the molecule is COC(=O)CC(NC(=O)OC(C)(C)C)c1ccc(C)c(CN2Cc3cc(O)ccc3OS2(=O)=O)c1. The quantitative estimate of drug-likeness (QED) is 0.570. The summed E-state index contributed by atoms with van der Waals surface area (Å²) in [6, 6.07) is 8.72. The molecule has 1 heterocycles. The molecule has 0 saturated heterocycles. The number of aromatic hydroxyl groups is 1. The van der Waals surface area contributed by atoms with E-state index >= 15 is 0 Å². The number of nitrogens with one attached hydrogen (secondary N) is 1. The Morgan fingerprint density at radius 2 is 1.91 bits per heavy atom. The third kappa shape index (κ3) is 6.86. The molecule has 1 aliphatic heterocycles. The normalized spacial score (nSPS) is 15.9. The molecule has 0 saturated carbocycles. The molecule has 190 valence electrons. The number of nitrogens with zero attached hydrogens (tertiary/aromatic N) is 1. The van der Waals surface area contributed by atoms with E-state index in [0.717, 1.165) is 9.87 Å². The van der Waals surface area contributed by atoms with Gasteiger partial charge >= 0.3 is 22.4 Å². The summed E-state index contributed by atoms with van der Waals surface area (Å²) >= 11 is 0. The number of phenols is 1. The van der Waals surface area contributed by atoms with Crippen molar-refractivity contribution in [3.8, 4) is 11.5 Å². The average Bonchev–Trinajstić information content (AvgIpc) is 2.74. The van der Waals surface area contributed by atoms with Crippen LogP contribution in [0.3, 0.4) is 0 Å². The third-order valence-electron chi connectivity index (χ3n) is 5.31. The van der Waals surface area contributed by atoms with Gasteiger partial charge < -0.3 is 24.1 Å². The van der Waals surface area contributed by atoms with Crippen LogP contribution in [0.25, 0.3) is 0 Å². The Morgan fingerprint density at radius 3 is 2.57 bits per heavy atom. The van der Waals surface area contributed by atoms with Gasteiger partial charge in [-0.3, -0.25) is 4.79 Å². The van der Waals surface area contributed by atoms with Gasteiger partial charge in [0.2, 0.25) is 0 Å². The summed E-state index contributed by atoms with van der Waals surface area (Å²) in [6.07, 6.45) is -0.840. The number of phenolic OH excluding ortho intramolecular Hbond substituents is 1. The molecule has 0 spiro atoms. The lowest BCUT2D eigenvalue weighted by molar-refractivity contribution is -0.141. The molecule has 35 heavy (non-hydrogen) atoms. The summed E-state index contributed by atoms with van der Waals surface area (Å²) in [5.74, 6) is -0.357. The first kappa shape index (κ1) is 26.3. The molecule has 0 fully saturated rings. The largest absolute Gasteiger partial charge is 0.508 e. The van der Waals surface area contributed by atoms with E-state index in [4.69, 9.17) is 13.7 Å². The fraction of sp³-hybridized carbons (Fsp3) is 0.417. The van der Waals surface area contributed by atoms with Crippen LogP contribution in [0.4, 0.5) is 4.79 Å². The first-order valence-electron chi connectivity index (χ1n) is 10.9. The Bertz CT molecular complexity index is 1220. The Balaban J connectivity index is 1.89. The molecule has 2 aromatic carbocycles. The van der Waals surface area contributed by atoms with Crippen molar-refractivity contribution >= 4 is 22.4 Å². The number of alkyl carbamates (subject to hydrolysis) is 1. The molecular formula is C24H30N2O8S. The van der Waals surface area contributed by atoms with Crippen molar-refractivity contribution in [2.75, 3.05) is 7.11 Å². The summed E-state index contributed by atoms with van der Waals surface area (Å²) in [6.45, 7) is 7.00. The fourth-order valence-corrected chi connectivity index (χ4v) is 4.65. The van der Waals surface area contributed by atoms with E-state index in [-0.39, 0.29) is 31.0 Å². The van der Waals surface area contributed by atoms with E-state index in [1.54, 1.807) is 39.0 Å². The number of hydrogen-bond donors (Lipinski definition) is 2. The highest BCUT2D eigenvalue weighted by atomic mass is 32.2. The second kappa shape index (κ2) is 10.1. The number of esters is 1. The number of carbonyl (C=O) groups excluding carboxylic acids is 2. The molecule has 1 atom stereocenters. The Morgan fingerprint density at radius 1 is 1.20 bits per heavy atom. The third-order valence-corrected chi connectivity index (χ3v) is 6.59. The van der Waals surface area contributed by atoms with Crippen LogP contribution < -0.4 is 9.50 Å². The molecule has 2 N–H and O–H groups in total. The lowest BCUT2D eigenvalue weighted by Gasteiger charge is -2.28. The summed E-state index contributed by atoms with van der Waals surface area (Å²) < 4.78 is 41.9. The van der Waals surface area contributed by atoms with Gasteiger partial charge in [-0.05, 0) is 62.6 Å². The van der Waals surface area contributed by atoms with E-state index in [1.807, 2.05) is 6.92 Å². The maximum atomic E-state index is 12.7. The zero-order chi connectivity index (χ0) is 26.0. The van der Waals surface area contributed by atoms with Crippen LogP contribution in [-0.2, 0) is 37.7 Å². The molecule has 0 bridgehead atoms. The van der Waals surface area contributed by atoms with Crippen LogP contribution in [0.5, 0.6) is 11.5 Å². The lowest BCUT2D eigenvalue weighted by Crippen LogP contribution is -2.37. The molecule has 2 aromatic rings. The fourth-order valence-electron chi connectivity index (χ4n) is 3.56. The number of aryl methyl sites for hydroxylation is 1. The molecule has 11 heteroatoms. The molecule has 10 nitrogen and oxygen atoms in total. The van der Waals surface area contributed by atoms with E-state index in [0.29, 0.717) is 16.7 Å². The topological polar surface area (TPSA) is 131 Å². The summed E-state index contributed by atoms with van der Waals surface area (Å²) in [7, 11) is -2.82. The first-order chi connectivity index (χ1) is 16.3. The highest BCUT2D eigenvalue weighted by Gasteiger charge is 2.32. The van der Waals surface area contributed by atoms with Crippen molar-refractivity contribution in [2.45, 2.75) is 58.8 Å². The van der Waals surface area contributed by atoms with Gasteiger partial charge in [0, 0.05) is 18.7 Å². The van der Waals surface area contributed by atoms with Crippen LogP contribution in [0, 0.1) is 6.92 Å². The number of rotatable bonds is 6. The number of amides is 1. The van der Waals surface area contributed by atoms with E-state index in [9.17, 15) is 23.1 Å². The minimum Gasteiger partial charge on any atom is -0.508 e. The van der Waals surface area contributed by atoms with E-state index in [2.05, 4.69) is 5.32 Å². The Kier molecular flexibility index (Phi) is 7.61. The van der Waals surface area contributed by atoms with Gasteiger partial charge in [-0.2, -0.15) is 12.7 Å². The number of carbonyl (C=O) groups is 2. The minimum atomic E-state index is -4.07. The smallest absolute Gasteiger partial charge is 0.408 e. The van der Waals surface area contributed by atoms with Gasteiger partial charge in [-0.15, -0.1) is 0 Å². The van der Waals surface area contributed by atoms with Gasteiger partial charge in [0.1, 0.15) is 17.1 Å². The van der Waals surface area contributed by atoms with Crippen LogP contribution in [0.1, 0.15) is 55.5 Å². The summed E-state index contributed by atoms with van der Waals surface area (Å²) in [5.41, 5.74) is 1.84. The monoisotopic (exact) mass is 506 g/mol. The van der Waals surface area contributed by atoms with Crippen molar-refractivity contribution in [2.24, 2.45) is 0 Å². The zero-order valence-corrected chi connectivity index (χ0v) is 21.1. The van der Waals surface area contributed by atoms with Crippen molar-refractivity contribution in [3.63, 3.8) is 0 Å². The number of hydrogen-bond acceptors (Lipinski definition) is 8. The zero-order valence-electron chi connectivity index (χ0n) is 20.3. The number of benzene rings is 2. The highest BCUT2D eigenvalue weighted by Crippen LogP contribution is 2.33. The minimum absolute atomic E-state index is 0.00338. The van der Waals surface area contributed by atoms with E-state index in [1.165, 1.54) is 25.3 Å². The van der Waals surface area contributed by atoms with Crippen molar-refractivity contribution in [1.29, 1.82) is 0 Å². The molecule has 0 aliphatic carbocycles. The standard InChI is InChI=1S/C24H30N2O8S/c1-15-6-7-16(20(12-22(28)32-5)25-23(29)33-24(2,3)4)10-17(15)13-26-14-18-11-19(27)8-9-21(18)34-35(26,30)31/h6-11,20,27H,12-14H2,1-5H3,(H,25,29).